The van der Waals surface area contributed by atoms with Gasteiger partial charge in [0.15, 0.2) is 0 Å². The van der Waals surface area contributed by atoms with Gasteiger partial charge in [0.25, 0.3) is 5.56 Å². The zero-order valence-corrected chi connectivity index (χ0v) is 16.0. The number of hydrogen-bond donors (Lipinski definition) is 2. The number of rotatable bonds is 5. The van der Waals surface area contributed by atoms with Crippen LogP contribution < -0.4 is 10.9 Å². The van der Waals surface area contributed by atoms with Crippen LogP contribution in [0.1, 0.15) is 36.2 Å². The standard InChI is InChI=1S/C23H24FN3O/c1-15-4-2-6-20-22(15)26-21(27-23(20)28)7-3-5-19-14-17(12-13-25-19)16-8-10-18(24)11-9-16/h2,4,6,8-12,19,25H,3,5,7,13-14H2,1H3,(H,26,27,28). The van der Waals surface area contributed by atoms with Crippen molar-refractivity contribution in [2.24, 2.45) is 0 Å². The van der Waals surface area contributed by atoms with E-state index in [4.69, 9.17) is 0 Å². The van der Waals surface area contributed by atoms with Crippen LogP contribution in [0.5, 0.6) is 0 Å². The number of nitrogens with one attached hydrogen (secondary N) is 2. The lowest BCUT2D eigenvalue weighted by molar-refractivity contribution is 0.483. The number of aromatic nitrogens is 2. The van der Waals surface area contributed by atoms with Gasteiger partial charge in [-0.2, -0.15) is 0 Å². The maximum absolute atomic E-state index is 13.1. The first-order valence-corrected chi connectivity index (χ1v) is 9.77. The Morgan fingerprint density at radius 2 is 2.00 bits per heavy atom. The monoisotopic (exact) mass is 377 g/mol. The van der Waals surface area contributed by atoms with Gasteiger partial charge in [0.2, 0.25) is 0 Å². The first-order valence-electron chi connectivity index (χ1n) is 9.77. The summed E-state index contributed by atoms with van der Waals surface area (Å²) in [5.41, 5.74) is 4.09. The number of aryl methyl sites for hydroxylation is 2. The average Bonchev–Trinajstić information content (AvgIpc) is 2.70. The Labute approximate surface area is 163 Å². The number of H-pyrrole nitrogens is 1. The minimum absolute atomic E-state index is 0.0685. The molecule has 1 aromatic heterocycles. The molecule has 0 aliphatic carbocycles. The van der Waals surface area contributed by atoms with E-state index >= 15 is 0 Å². The molecular formula is C23H24FN3O. The maximum atomic E-state index is 13.1. The molecule has 4 rings (SSSR count). The van der Waals surface area contributed by atoms with Gasteiger partial charge in [-0.25, -0.2) is 9.37 Å². The molecule has 2 aromatic carbocycles. The first kappa shape index (κ1) is 18.6. The van der Waals surface area contributed by atoms with Gasteiger partial charge in [-0.05, 0) is 61.1 Å². The zero-order valence-electron chi connectivity index (χ0n) is 16.0. The first-order chi connectivity index (χ1) is 13.6. The predicted octanol–water partition coefficient (Wildman–Crippen LogP) is 4.14. The van der Waals surface area contributed by atoms with Crippen molar-refractivity contribution in [2.75, 3.05) is 6.54 Å². The third-order valence-electron chi connectivity index (χ3n) is 5.39. The van der Waals surface area contributed by atoms with E-state index < -0.39 is 0 Å². The highest BCUT2D eigenvalue weighted by molar-refractivity contribution is 5.80. The summed E-state index contributed by atoms with van der Waals surface area (Å²) in [6.45, 7) is 2.80. The predicted molar refractivity (Wildman–Crippen MR) is 111 cm³/mol. The Bertz CT molecular complexity index is 1070. The highest BCUT2D eigenvalue weighted by Crippen LogP contribution is 2.24. The molecule has 1 aliphatic heterocycles. The summed E-state index contributed by atoms with van der Waals surface area (Å²) in [4.78, 5) is 19.9. The van der Waals surface area contributed by atoms with Crippen LogP contribution in [-0.4, -0.2) is 22.6 Å². The summed E-state index contributed by atoms with van der Waals surface area (Å²) in [5, 5.41) is 4.17. The molecule has 1 atom stereocenters. The summed E-state index contributed by atoms with van der Waals surface area (Å²) in [6.07, 6.45) is 5.78. The molecule has 1 unspecified atom stereocenters. The van der Waals surface area contributed by atoms with Gasteiger partial charge in [0.05, 0.1) is 10.9 Å². The molecule has 4 nitrogen and oxygen atoms in total. The molecule has 0 saturated carbocycles. The normalized spacial score (nSPS) is 16.9. The number of para-hydroxylation sites is 1. The van der Waals surface area contributed by atoms with Crippen LogP contribution in [-0.2, 0) is 6.42 Å². The number of halogens is 1. The third kappa shape index (κ3) is 4.04. The molecule has 1 aliphatic rings. The van der Waals surface area contributed by atoms with Crippen LogP contribution in [0.4, 0.5) is 4.39 Å². The van der Waals surface area contributed by atoms with Crippen molar-refractivity contribution in [3.8, 4) is 0 Å². The molecule has 5 heteroatoms. The lowest BCUT2D eigenvalue weighted by Gasteiger charge is -2.24. The second-order valence-electron chi connectivity index (χ2n) is 7.42. The number of fused-ring (bicyclic) bond motifs is 1. The fraction of sp³-hybridized carbons (Fsp3) is 0.304. The summed E-state index contributed by atoms with van der Waals surface area (Å²) in [5.74, 6) is 0.541. The van der Waals surface area contributed by atoms with Gasteiger partial charge in [0, 0.05) is 19.0 Å². The lowest BCUT2D eigenvalue weighted by atomic mass is 9.93. The molecule has 144 valence electrons. The summed E-state index contributed by atoms with van der Waals surface area (Å²) < 4.78 is 13.1. The molecule has 3 aromatic rings. The van der Waals surface area contributed by atoms with Gasteiger partial charge in [-0.1, -0.05) is 30.3 Å². The highest BCUT2D eigenvalue weighted by atomic mass is 19.1. The van der Waals surface area contributed by atoms with Crippen molar-refractivity contribution in [3.05, 3.63) is 81.7 Å². The van der Waals surface area contributed by atoms with Crippen LogP contribution in [0.15, 0.2) is 53.3 Å². The minimum atomic E-state index is -0.207. The second-order valence-corrected chi connectivity index (χ2v) is 7.42. The van der Waals surface area contributed by atoms with E-state index in [-0.39, 0.29) is 11.4 Å². The van der Waals surface area contributed by atoms with Crippen LogP contribution in [0, 0.1) is 12.7 Å². The quantitative estimate of drug-likeness (QED) is 0.703. The van der Waals surface area contributed by atoms with E-state index in [1.807, 2.05) is 37.3 Å². The molecule has 0 spiro atoms. The fourth-order valence-corrected chi connectivity index (χ4v) is 3.86. The Kier molecular flexibility index (Phi) is 5.35. The lowest BCUT2D eigenvalue weighted by Crippen LogP contribution is -2.33. The van der Waals surface area contributed by atoms with Crippen LogP contribution in [0.3, 0.4) is 0 Å². The van der Waals surface area contributed by atoms with E-state index in [0.717, 1.165) is 54.7 Å². The smallest absolute Gasteiger partial charge is 0.258 e. The number of benzene rings is 2. The summed E-state index contributed by atoms with van der Waals surface area (Å²) in [7, 11) is 0. The SMILES string of the molecule is Cc1cccc2c(=O)[nH]c(CCCC3CC(c4ccc(F)cc4)=CCN3)nc12. The molecule has 0 amide bonds. The van der Waals surface area contributed by atoms with Crippen LogP contribution >= 0.6 is 0 Å². The van der Waals surface area contributed by atoms with Crippen molar-refractivity contribution in [1.29, 1.82) is 0 Å². The molecule has 2 heterocycles. The van der Waals surface area contributed by atoms with Crippen molar-refractivity contribution in [3.63, 3.8) is 0 Å². The Balaban J connectivity index is 1.38. The van der Waals surface area contributed by atoms with Crippen molar-refractivity contribution in [2.45, 2.75) is 38.6 Å². The fourth-order valence-electron chi connectivity index (χ4n) is 3.86. The molecule has 0 radical (unpaired) electrons. The van der Waals surface area contributed by atoms with Gasteiger partial charge in [0.1, 0.15) is 11.6 Å². The molecule has 0 saturated heterocycles. The van der Waals surface area contributed by atoms with Crippen LogP contribution in [0.25, 0.3) is 16.5 Å². The number of aromatic amines is 1. The number of hydrogen-bond acceptors (Lipinski definition) is 3. The topological polar surface area (TPSA) is 57.8 Å². The van der Waals surface area contributed by atoms with Crippen LogP contribution in [0.2, 0.25) is 0 Å². The van der Waals surface area contributed by atoms with Crippen molar-refractivity contribution < 1.29 is 4.39 Å². The maximum Gasteiger partial charge on any atom is 0.258 e. The molecule has 0 fully saturated rings. The van der Waals surface area contributed by atoms with Gasteiger partial charge >= 0.3 is 0 Å². The largest absolute Gasteiger partial charge is 0.310 e. The number of nitrogens with zero attached hydrogens (tertiary/aromatic N) is 1. The Hall–Kier alpha value is -2.79. The highest BCUT2D eigenvalue weighted by Gasteiger charge is 2.16. The van der Waals surface area contributed by atoms with E-state index in [2.05, 4.69) is 21.4 Å². The summed E-state index contributed by atoms with van der Waals surface area (Å²) >= 11 is 0. The third-order valence-corrected chi connectivity index (χ3v) is 5.39. The second kappa shape index (κ2) is 8.07. The van der Waals surface area contributed by atoms with E-state index in [1.54, 1.807) is 0 Å². The van der Waals surface area contributed by atoms with Gasteiger partial charge in [-0.15, -0.1) is 0 Å². The van der Waals surface area contributed by atoms with Gasteiger partial charge in [-0.3, -0.25) is 4.79 Å². The summed E-state index contributed by atoms with van der Waals surface area (Å²) in [6, 6.07) is 12.8. The molecule has 0 bridgehead atoms. The van der Waals surface area contributed by atoms with Gasteiger partial charge < -0.3 is 10.3 Å². The minimum Gasteiger partial charge on any atom is -0.310 e. The molecule has 28 heavy (non-hydrogen) atoms. The Morgan fingerprint density at radius 1 is 1.18 bits per heavy atom. The molecular weight excluding hydrogens is 353 g/mol. The van der Waals surface area contributed by atoms with E-state index in [9.17, 15) is 9.18 Å². The zero-order chi connectivity index (χ0) is 19.5. The van der Waals surface area contributed by atoms with E-state index in [0.29, 0.717) is 11.4 Å². The average molecular weight is 377 g/mol. The van der Waals surface area contributed by atoms with Crippen molar-refractivity contribution >= 4 is 16.5 Å². The molecule has 2 N–H and O–H groups in total. The Morgan fingerprint density at radius 3 is 2.82 bits per heavy atom. The van der Waals surface area contributed by atoms with E-state index in [1.165, 1.54) is 17.7 Å². The van der Waals surface area contributed by atoms with Crippen molar-refractivity contribution in [1.82, 2.24) is 15.3 Å².